The van der Waals surface area contributed by atoms with Gasteiger partial charge in [-0.1, -0.05) is 46.6 Å². The van der Waals surface area contributed by atoms with Gasteiger partial charge < -0.3 is 4.52 Å². The van der Waals surface area contributed by atoms with Crippen molar-refractivity contribution >= 4 is 38.8 Å². The normalized spacial score (nSPS) is 14.3. The number of hydrogen-bond donors (Lipinski definition) is 0. The van der Waals surface area contributed by atoms with E-state index in [2.05, 4.69) is 5.16 Å². The molecule has 1 heterocycles. The van der Waals surface area contributed by atoms with E-state index in [4.69, 9.17) is 27.7 Å². The van der Waals surface area contributed by atoms with Gasteiger partial charge in [0.25, 0.3) is 0 Å². The molecule has 1 aliphatic carbocycles. The van der Waals surface area contributed by atoms with Crippen LogP contribution in [0.2, 0.25) is 10.0 Å². The summed E-state index contributed by atoms with van der Waals surface area (Å²) >= 11 is 12.3. The highest BCUT2D eigenvalue weighted by Gasteiger charge is 2.35. The molecule has 0 N–H and O–H groups in total. The molecule has 1 aromatic heterocycles. The molecule has 0 radical (unpaired) electrons. The summed E-state index contributed by atoms with van der Waals surface area (Å²) in [6.07, 6.45) is 3.13. The van der Waals surface area contributed by atoms with Gasteiger partial charge in [-0.25, -0.2) is 8.42 Å². The molecule has 0 unspecified atom stereocenters. The summed E-state index contributed by atoms with van der Waals surface area (Å²) in [7, 11) is -4.06. The average Bonchev–Trinajstić information content (AvgIpc) is 3.40. The highest BCUT2D eigenvalue weighted by atomic mass is 35.5. The highest BCUT2D eigenvalue weighted by Crippen LogP contribution is 2.43. The Morgan fingerprint density at radius 2 is 1.74 bits per heavy atom. The molecule has 3 aromatic rings. The van der Waals surface area contributed by atoms with Crippen molar-refractivity contribution in [3.05, 3.63) is 75.6 Å². The third-order valence-corrected chi connectivity index (χ3v) is 7.18. The van der Waals surface area contributed by atoms with E-state index in [1.165, 1.54) is 30.5 Å². The number of ketones is 1. The standard InChI is InChI=1S/C19H13Cl2NO4S/c20-15-9-8-13(17(23)14-10-22-26-18(14)11-6-7-11)19(16(15)21)27(24,25)12-4-2-1-3-5-12/h1-5,8-11H,6-7H2. The van der Waals surface area contributed by atoms with Crippen LogP contribution in [-0.2, 0) is 9.84 Å². The Bertz CT molecular complexity index is 1140. The fourth-order valence-corrected chi connectivity index (χ4v) is 5.13. The molecule has 1 saturated carbocycles. The van der Waals surface area contributed by atoms with Crippen molar-refractivity contribution < 1.29 is 17.7 Å². The maximum absolute atomic E-state index is 13.2. The van der Waals surface area contributed by atoms with Crippen molar-refractivity contribution in [2.24, 2.45) is 0 Å². The smallest absolute Gasteiger partial charge is 0.208 e. The van der Waals surface area contributed by atoms with E-state index in [-0.39, 0.29) is 36.9 Å². The van der Waals surface area contributed by atoms with Gasteiger partial charge in [0.2, 0.25) is 9.84 Å². The molecular weight excluding hydrogens is 409 g/mol. The van der Waals surface area contributed by atoms with Crippen LogP contribution in [0.5, 0.6) is 0 Å². The van der Waals surface area contributed by atoms with Gasteiger partial charge in [-0.2, -0.15) is 0 Å². The number of hydrogen-bond acceptors (Lipinski definition) is 5. The summed E-state index contributed by atoms with van der Waals surface area (Å²) in [5.74, 6) is 0.115. The third-order valence-electron chi connectivity index (χ3n) is 4.41. The molecule has 0 aliphatic heterocycles. The van der Waals surface area contributed by atoms with Gasteiger partial charge in [-0.3, -0.25) is 4.79 Å². The number of nitrogens with zero attached hydrogens (tertiary/aromatic N) is 1. The molecule has 1 aliphatic rings. The lowest BCUT2D eigenvalue weighted by Gasteiger charge is -2.13. The summed E-state index contributed by atoms with van der Waals surface area (Å²) in [6.45, 7) is 0. The average molecular weight is 422 g/mol. The first-order chi connectivity index (χ1) is 12.9. The first-order valence-electron chi connectivity index (χ1n) is 8.18. The van der Waals surface area contributed by atoms with Crippen LogP contribution in [0.3, 0.4) is 0 Å². The van der Waals surface area contributed by atoms with E-state index in [0.29, 0.717) is 5.76 Å². The topological polar surface area (TPSA) is 77.2 Å². The second-order valence-corrected chi connectivity index (χ2v) is 8.93. The predicted molar refractivity (Wildman–Crippen MR) is 100 cm³/mol. The van der Waals surface area contributed by atoms with Gasteiger partial charge in [0.1, 0.15) is 4.90 Å². The Balaban J connectivity index is 1.91. The number of benzene rings is 2. The van der Waals surface area contributed by atoms with Gasteiger partial charge >= 0.3 is 0 Å². The quantitative estimate of drug-likeness (QED) is 0.546. The van der Waals surface area contributed by atoms with E-state index < -0.39 is 15.6 Å². The molecule has 138 valence electrons. The minimum atomic E-state index is -4.06. The molecule has 27 heavy (non-hydrogen) atoms. The molecule has 5 nitrogen and oxygen atoms in total. The molecule has 2 aromatic carbocycles. The van der Waals surface area contributed by atoms with E-state index in [9.17, 15) is 13.2 Å². The number of carbonyl (C=O) groups excluding carboxylic acids is 1. The second-order valence-electron chi connectivity index (χ2n) is 6.26. The van der Waals surface area contributed by atoms with Crippen molar-refractivity contribution in [3.63, 3.8) is 0 Å². The third kappa shape index (κ3) is 3.18. The largest absolute Gasteiger partial charge is 0.360 e. The fourth-order valence-electron chi connectivity index (χ4n) is 2.90. The summed E-state index contributed by atoms with van der Waals surface area (Å²) in [5.41, 5.74) is 0.193. The molecule has 4 rings (SSSR count). The molecule has 0 amide bonds. The summed E-state index contributed by atoms with van der Waals surface area (Å²) in [4.78, 5) is 12.9. The summed E-state index contributed by atoms with van der Waals surface area (Å²) in [6, 6.07) is 10.5. The van der Waals surface area contributed by atoms with Gasteiger partial charge in [0.05, 0.1) is 26.7 Å². The molecular formula is C19H13Cl2NO4S. The SMILES string of the molecule is O=C(c1cnoc1C1CC1)c1ccc(Cl)c(Cl)c1S(=O)(=O)c1ccccc1. The second kappa shape index (κ2) is 6.78. The van der Waals surface area contributed by atoms with Crippen LogP contribution < -0.4 is 0 Å². The minimum Gasteiger partial charge on any atom is -0.360 e. The minimum absolute atomic E-state index is 0.0240. The van der Waals surface area contributed by atoms with Crippen LogP contribution in [0, 0.1) is 0 Å². The van der Waals surface area contributed by atoms with Gasteiger partial charge in [-0.15, -0.1) is 0 Å². The predicted octanol–water partition coefficient (Wildman–Crippen LogP) is 4.92. The van der Waals surface area contributed by atoms with Crippen molar-refractivity contribution in [3.8, 4) is 0 Å². The Morgan fingerprint density at radius 3 is 2.41 bits per heavy atom. The zero-order chi connectivity index (χ0) is 19.2. The molecule has 0 saturated heterocycles. The van der Waals surface area contributed by atoms with E-state index >= 15 is 0 Å². The summed E-state index contributed by atoms with van der Waals surface area (Å²) < 4.78 is 31.6. The zero-order valence-corrected chi connectivity index (χ0v) is 16.2. The van der Waals surface area contributed by atoms with E-state index in [0.717, 1.165) is 12.8 Å². The zero-order valence-electron chi connectivity index (χ0n) is 13.9. The van der Waals surface area contributed by atoms with Crippen LogP contribution in [0.4, 0.5) is 0 Å². The lowest BCUT2D eigenvalue weighted by atomic mass is 10.0. The van der Waals surface area contributed by atoms with Crippen molar-refractivity contribution in [1.82, 2.24) is 5.16 Å². The fraction of sp³-hybridized carbons (Fsp3) is 0.158. The van der Waals surface area contributed by atoms with E-state index in [1.54, 1.807) is 18.2 Å². The van der Waals surface area contributed by atoms with Crippen LogP contribution in [0.1, 0.15) is 40.4 Å². The van der Waals surface area contributed by atoms with Gasteiger partial charge in [-0.05, 0) is 37.1 Å². The Kier molecular flexibility index (Phi) is 4.58. The molecule has 1 fully saturated rings. The van der Waals surface area contributed by atoms with Crippen molar-refractivity contribution in [2.45, 2.75) is 28.6 Å². The van der Waals surface area contributed by atoms with E-state index in [1.807, 2.05) is 0 Å². The Labute approximate surface area is 165 Å². The van der Waals surface area contributed by atoms with Crippen LogP contribution in [-0.4, -0.2) is 19.4 Å². The number of halogens is 2. The lowest BCUT2D eigenvalue weighted by Crippen LogP contribution is -2.12. The Hall–Kier alpha value is -2.15. The first kappa shape index (κ1) is 18.2. The highest BCUT2D eigenvalue weighted by molar-refractivity contribution is 7.91. The number of carbonyl (C=O) groups is 1. The molecule has 0 spiro atoms. The van der Waals surface area contributed by atoms with Gasteiger partial charge in [0, 0.05) is 11.5 Å². The monoisotopic (exact) mass is 421 g/mol. The van der Waals surface area contributed by atoms with Gasteiger partial charge in [0.15, 0.2) is 11.5 Å². The van der Waals surface area contributed by atoms with Crippen LogP contribution >= 0.6 is 23.2 Å². The number of rotatable bonds is 5. The maximum Gasteiger partial charge on any atom is 0.208 e. The molecule has 0 bridgehead atoms. The van der Waals surface area contributed by atoms with Crippen molar-refractivity contribution in [1.29, 1.82) is 0 Å². The number of aromatic nitrogens is 1. The molecule has 0 atom stereocenters. The first-order valence-corrected chi connectivity index (χ1v) is 10.4. The number of sulfone groups is 1. The summed E-state index contributed by atoms with van der Waals surface area (Å²) in [5, 5.41) is 3.58. The Morgan fingerprint density at radius 1 is 1.04 bits per heavy atom. The molecule has 8 heteroatoms. The lowest BCUT2D eigenvalue weighted by molar-refractivity contribution is 0.103. The van der Waals surface area contributed by atoms with Crippen LogP contribution in [0.25, 0.3) is 0 Å². The maximum atomic E-state index is 13.2. The van der Waals surface area contributed by atoms with Crippen molar-refractivity contribution in [2.75, 3.05) is 0 Å². The van der Waals surface area contributed by atoms with Crippen LogP contribution in [0.15, 0.2) is 63.0 Å².